The number of benzene rings is 2. The van der Waals surface area contributed by atoms with Gasteiger partial charge in [0.05, 0.1) is 10.3 Å². The van der Waals surface area contributed by atoms with Crippen molar-refractivity contribution < 1.29 is 36.7 Å². The maximum absolute atomic E-state index is 14.5. The molecule has 7 nitrogen and oxygen atoms in total. The van der Waals surface area contributed by atoms with E-state index in [1.54, 1.807) is 12.1 Å². The van der Waals surface area contributed by atoms with E-state index >= 15 is 0 Å². The van der Waals surface area contributed by atoms with Gasteiger partial charge in [0, 0.05) is 30.1 Å². The molecule has 1 spiro atoms. The Kier molecular flexibility index (Phi) is 5.90. The molecule has 3 heterocycles. The summed E-state index contributed by atoms with van der Waals surface area (Å²) in [4.78, 5) is 17.8. The molecule has 2 aliphatic carbocycles. The third kappa shape index (κ3) is 4.73. The number of carboxylic acids is 1. The number of carbonyl (C=O) groups is 1. The number of thiazole rings is 1. The molecular formula is C29H23F4N3O4S. The van der Waals surface area contributed by atoms with Crippen LogP contribution in [0.15, 0.2) is 47.0 Å². The van der Waals surface area contributed by atoms with Crippen molar-refractivity contribution in [3.05, 3.63) is 65.2 Å². The first-order valence-electron chi connectivity index (χ1n) is 13.2. The molecule has 2 aromatic carbocycles. The number of rotatable bonds is 6. The largest absolute Gasteiger partial charge is 0.573 e. The van der Waals surface area contributed by atoms with Crippen LogP contribution in [0.5, 0.6) is 5.75 Å². The summed E-state index contributed by atoms with van der Waals surface area (Å²) < 4.78 is 64.3. The number of aromatic nitrogens is 2. The molecule has 0 radical (unpaired) electrons. The van der Waals surface area contributed by atoms with Gasteiger partial charge in [0.15, 0.2) is 10.9 Å². The highest BCUT2D eigenvalue weighted by molar-refractivity contribution is 7.22. The number of halogens is 4. The summed E-state index contributed by atoms with van der Waals surface area (Å²) in [5, 5.41) is 14.1. The van der Waals surface area contributed by atoms with Crippen molar-refractivity contribution in [2.75, 3.05) is 18.0 Å². The van der Waals surface area contributed by atoms with Crippen molar-refractivity contribution >= 4 is 38.2 Å². The van der Waals surface area contributed by atoms with Crippen molar-refractivity contribution in [3.8, 4) is 17.0 Å². The van der Waals surface area contributed by atoms with Crippen LogP contribution in [0.3, 0.4) is 0 Å². The number of allylic oxidation sites excluding steroid dienone is 2. The molecule has 0 atom stereocenters. The van der Waals surface area contributed by atoms with Gasteiger partial charge < -0.3 is 19.3 Å². The number of anilines is 1. The Morgan fingerprint density at radius 1 is 1.17 bits per heavy atom. The van der Waals surface area contributed by atoms with Crippen LogP contribution in [-0.2, 0) is 0 Å². The van der Waals surface area contributed by atoms with Gasteiger partial charge in [-0.15, -0.1) is 13.2 Å². The summed E-state index contributed by atoms with van der Waals surface area (Å²) in [7, 11) is 0. The van der Waals surface area contributed by atoms with Gasteiger partial charge in [-0.25, -0.2) is 14.2 Å². The van der Waals surface area contributed by atoms with Crippen molar-refractivity contribution in [2.24, 2.45) is 5.41 Å². The summed E-state index contributed by atoms with van der Waals surface area (Å²) in [6.07, 6.45) is 1.66. The Morgan fingerprint density at radius 2 is 1.90 bits per heavy atom. The predicted molar refractivity (Wildman–Crippen MR) is 144 cm³/mol. The van der Waals surface area contributed by atoms with Crippen LogP contribution in [0, 0.1) is 11.2 Å². The van der Waals surface area contributed by atoms with Crippen molar-refractivity contribution in [1.29, 1.82) is 0 Å². The number of piperidine rings is 1. The number of hydrogen-bond donors (Lipinski definition) is 1. The van der Waals surface area contributed by atoms with E-state index in [1.165, 1.54) is 29.5 Å². The summed E-state index contributed by atoms with van der Waals surface area (Å²) in [6.45, 7) is 1.37. The highest BCUT2D eigenvalue weighted by Gasteiger charge is 2.44. The molecule has 7 rings (SSSR count). The number of fused-ring (bicyclic) bond motifs is 1. The first-order chi connectivity index (χ1) is 19.6. The van der Waals surface area contributed by atoms with Crippen LogP contribution in [0.25, 0.3) is 27.0 Å². The predicted octanol–water partition coefficient (Wildman–Crippen LogP) is 7.64. The molecule has 1 saturated heterocycles. The van der Waals surface area contributed by atoms with Gasteiger partial charge in [-0.1, -0.05) is 34.7 Å². The van der Waals surface area contributed by atoms with Gasteiger partial charge >= 0.3 is 12.3 Å². The van der Waals surface area contributed by atoms with E-state index in [1.807, 2.05) is 0 Å². The van der Waals surface area contributed by atoms with E-state index in [2.05, 4.69) is 25.9 Å². The van der Waals surface area contributed by atoms with E-state index in [0.717, 1.165) is 55.1 Å². The second-order valence-corrected chi connectivity index (χ2v) is 11.9. The second kappa shape index (κ2) is 9.30. The van der Waals surface area contributed by atoms with Crippen LogP contribution in [0.1, 0.15) is 59.7 Å². The lowest BCUT2D eigenvalue weighted by atomic mass is 9.63. The topological polar surface area (TPSA) is 88.7 Å². The highest BCUT2D eigenvalue weighted by Crippen LogP contribution is 2.56. The lowest BCUT2D eigenvalue weighted by molar-refractivity contribution is -0.274. The van der Waals surface area contributed by atoms with Crippen molar-refractivity contribution in [2.45, 2.75) is 44.4 Å². The fourth-order valence-corrected chi connectivity index (χ4v) is 6.95. The lowest BCUT2D eigenvalue weighted by Gasteiger charge is -2.46. The first-order valence-corrected chi connectivity index (χ1v) is 14.1. The van der Waals surface area contributed by atoms with Crippen LogP contribution in [0.2, 0.25) is 0 Å². The summed E-state index contributed by atoms with van der Waals surface area (Å²) >= 11 is 1.27. The Labute approximate surface area is 235 Å². The maximum Gasteiger partial charge on any atom is 0.573 e. The van der Waals surface area contributed by atoms with Gasteiger partial charge in [0.2, 0.25) is 0 Å². The Balaban J connectivity index is 1.14. The van der Waals surface area contributed by atoms with Crippen LogP contribution in [-0.4, -0.2) is 40.7 Å². The third-order valence-corrected chi connectivity index (χ3v) is 9.16. The molecule has 1 saturated carbocycles. The summed E-state index contributed by atoms with van der Waals surface area (Å²) in [5.41, 5.74) is 2.38. The van der Waals surface area contributed by atoms with Gasteiger partial charge in [-0.05, 0) is 67.4 Å². The van der Waals surface area contributed by atoms with E-state index in [9.17, 15) is 27.5 Å². The first kappa shape index (κ1) is 26.0. The number of ether oxygens (including phenoxy) is 1. The molecule has 1 aliphatic heterocycles. The normalized spacial score (nSPS) is 18.4. The molecule has 12 heteroatoms. The number of hydrogen-bond acceptors (Lipinski definition) is 7. The zero-order valence-electron chi connectivity index (χ0n) is 21.5. The molecule has 3 aliphatic rings. The van der Waals surface area contributed by atoms with Crippen molar-refractivity contribution in [1.82, 2.24) is 10.1 Å². The zero-order chi connectivity index (χ0) is 28.5. The monoisotopic (exact) mass is 585 g/mol. The minimum atomic E-state index is -4.83. The van der Waals surface area contributed by atoms with Gasteiger partial charge in [-0.3, -0.25) is 0 Å². The van der Waals surface area contributed by atoms with E-state index in [-0.39, 0.29) is 33.7 Å². The minimum Gasteiger partial charge on any atom is -0.478 e. The molecule has 0 amide bonds. The van der Waals surface area contributed by atoms with Gasteiger partial charge in [-0.2, -0.15) is 0 Å². The molecule has 212 valence electrons. The van der Waals surface area contributed by atoms with E-state index in [0.29, 0.717) is 28.6 Å². The molecule has 4 aromatic rings. The molecule has 2 aromatic heterocycles. The Morgan fingerprint density at radius 3 is 2.59 bits per heavy atom. The molecule has 0 unspecified atom stereocenters. The Hall–Kier alpha value is -3.93. The quantitative estimate of drug-likeness (QED) is 0.233. The van der Waals surface area contributed by atoms with Crippen LogP contribution < -0.4 is 9.64 Å². The number of para-hydroxylation sites is 1. The molecular weight excluding hydrogens is 562 g/mol. The second-order valence-electron chi connectivity index (χ2n) is 10.9. The minimum absolute atomic E-state index is 0.0679. The van der Waals surface area contributed by atoms with Crippen LogP contribution >= 0.6 is 11.3 Å². The SMILES string of the molecule is O=C(O)c1cc(F)c2nc(N3CCC4(C=C(c5c(-c6ccccc6OC(F)(F)F)noc5C5CC5)C4)CC3)sc2c1. The molecule has 0 bridgehead atoms. The fourth-order valence-electron chi connectivity index (χ4n) is 5.88. The van der Waals surface area contributed by atoms with Crippen molar-refractivity contribution in [3.63, 3.8) is 0 Å². The van der Waals surface area contributed by atoms with Gasteiger partial charge in [0.1, 0.15) is 22.7 Å². The smallest absolute Gasteiger partial charge is 0.478 e. The standard InChI is InChI=1S/C29H23F4N3O4S/c30-19-11-16(26(37)38)12-21-24(19)34-27(41-21)36-9-7-28(8-10-36)13-17(14-28)22-23(35-40-25(22)15-5-6-15)18-3-1-2-4-20(18)39-29(31,32)33/h1-4,11-13,15H,5-10,14H2,(H,37,38). The van der Waals surface area contributed by atoms with E-state index < -0.39 is 18.1 Å². The average Bonchev–Trinajstić information content (AvgIpc) is 3.50. The Bertz CT molecular complexity index is 1710. The van der Waals surface area contributed by atoms with Crippen LogP contribution in [0.4, 0.5) is 22.7 Å². The molecule has 2 fully saturated rings. The zero-order valence-corrected chi connectivity index (χ0v) is 22.3. The summed E-state index contributed by atoms with van der Waals surface area (Å²) in [6, 6.07) is 8.41. The number of aromatic carboxylic acids is 1. The van der Waals surface area contributed by atoms with Gasteiger partial charge in [0.25, 0.3) is 0 Å². The van der Waals surface area contributed by atoms with E-state index in [4.69, 9.17) is 4.52 Å². The average molecular weight is 586 g/mol. The number of alkyl halides is 3. The third-order valence-electron chi connectivity index (χ3n) is 8.09. The maximum atomic E-state index is 14.5. The number of carboxylic acid groups (broad SMARTS) is 1. The lowest BCUT2D eigenvalue weighted by Crippen LogP contribution is -2.42. The molecule has 41 heavy (non-hydrogen) atoms. The molecule has 1 N–H and O–H groups in total. The summed E-state index contributed by atoms with van der Waals surface area (Å²) in [5.74, 6) is -1.23. The number of nitrogens with zero attached hydrogens (tertiary/aromatic N) is 3. The fraction of sp³-hybridized carbons (Fsp3) is 0.345. The highest BCUT2D eigenvalue weighted by atomic mass is 32.1.